The molecule has 1 N–H and O–H groups in total. The third kappa shape index (κ3) is 5.44. The van der Waals surface area contributed by atoms with Crippen LogP contribution in [-0.2, 0) is 13.6 Å². The van der Waals surface area contributed by atoms with E-state index in [1.54, 1.807) is 13.2 Å². The van der Waals surface area contributed by atoms with Gasteiger partial charge in [-0.05, 0) is 24.1 Å². The molecule has 0 saturated carbocycles. The summed E-state index contributed by atoms with van der Waals surface area (Å²) in [7, 11) is 9.45. The molecular formula is C22H29BN6. The van der Waals surface area contributed by atoms with E-state index in [9.17, 15) is 5.26 Å². The minimum atomic E-state index is 0.537. The molecule has 0 atom stereocenters. The first kappa shape index (κ1) is 23.9. The zero-order valence-corrected chi connectivity index (χ0v) is 18.4. The van der Waals surface area contributed by atoms with Crippen LogP contribution in [0, 0.1) is 18.3 Å². The van der Waals surface area contributed by atoms with Gasteiger partial charge in [-0.2, -0.15) is 10.2 Å². The van der Waals surface area contributed by atoms with Gasteiger partial charge in [0.25, 0.3) is 0 Å². The molecule has 0 aliphatic heterocycles. The molecule has 0 amide bonds. The highest BCUT2D eigenvalue weighted by Crippen LogP contribution is 2.19. The van der Waals surface area contributed by atoms with Crippen molar-refractivity contribution in [2.45, 2.75) is 41.2 Å². The Hall–Kier alpha value is -3.14. The quantitative estimate of drug-likeness (QED) is 0.700. The van der Waals surface area contributed by atoms with Gasteiger partial charge in [-0.15, -0.1) is 0 Å². The highest BCUT2D eigenvalue weighted by atomic mass is 15.1. The van der Waals surface area contributed by atoms with E-state index in [-0.39, 0.29) is 0 Å². The third-order valence-corrected chi connectivity index (χ3v) is 4.19. The Morgan fingerprint density at radius 1 is 1.24 bits per heavy atom. The Morgan fingerprint density at radius 2 is 1.93 bits per heavy atom. The summed E-state index contributed by atoms with van der Waals surface area (Å²) < 4.78 is 1.82. The molecule has 2 aromatic heterocycles. The van der Waals surface area contributed by atoms with E-state index in [1.807, 2.05) is 70.5 Å². The van der Waals surface area contributed by atoms with Crippen LogP contribution in [0.2, 0.25) is 0 Å². The number of nitrogens with zero attached hydrogens (tertiary/aromatic N) is 5. The van der Waals surface area contributed by atoms with Gasteiger partial charge in [0.1, 0.15) is 19.3 Å². The maximum atomic E-state index is 9.18. The number of aromatic nitrogens is 3. The van der Waals surface area contributed by atoms with Crippen molar-refractivity contribution in [1.29, 1.82) is 5.26 Å². The summed E-state index contributed by atoms with van der Waals surface area (Å²) in [5, 5.41) is 13.3. The fourth-order valence-corrected chi connectivity index (χ4v) is 2.75. The Labute approximate surface area is 174 Å². The molecule has 0 fully saturated rings. The normalized spacial score (nSPS) is 10.3. The van der Waals surface area contributed by atoms with E-state index < -0.39 is 0 Å². The molecule has 7 heteroatoms. The lowest BCUT2D eigenvalue weighted by Gasteiger charge is -2.13. The van der Waals surface area contributed by atoms with Crippen molar-refractivity contribution in [3.8, 4) is 6.07 Å². The molecule has 2 heterocycles. The van der Waals surface area contributed by atoms with E-state index in [0.29, 0.717) is 29.0 Å². The lowest BCUT2D eigenvalue weighted by atomic mass is 9.98. The van der Waals surface area contributed by atoms with Crippen molar-refractivity contribution in [1.82, 2.24) is 14.5 Å². The maximum absolute atomic E-state index is 9.18. The fraction of sp³-hybridized carbons (Fsp3) is 0.364. The summed E-state index contributed by atoms with van der Waals surface area (Å²) in [6, 6.07) is 9.74. The van der Waals surface area contributed by atoms with Crippen LogP contribution >= 0.6 is 0 Å². The molecule has 6 nitrogen and oxygen atoms in total. The van der Waals surface area contributed by atoms with Crippen molar-refractivity contribution >= 4 is 30.2 Å². The van der Waals surface area contributed by atoms with Crippen LogP contribution in [-0.4, -0.2) is 29.4 Å². The lowest BCUT2D eigenvalue weighted by molar-refractivity contribution is 0.800. The van der Waals surface area contributed by atoms with Gasteiger partial charge in [0.2, 0.25) is 5.62 Å². The summed E-state index contributed by atoms with van der Waals surface area (Å²) >= 11 is 0. The van der Waals surface area contributed by atoms with E-state index in [4.69, 9.17) is 7.85 Å². The summed E-state index contributed by atoms with van der Waals surface area (Å²) in [5.41, 5.74) is 4.55. The van der Waals surface area contributed by atoms with Gasteiger partial charge in [0.05, 0.1) is 17.0 Å². The molecule has 2 radical (unpaired) electrons. The summed E-state index contributed by atoms with van der Waals surface area (Å²) in [6.07, 6.45) is 1.62. The SMILES string of the molecule is CC.CC.[B]c1cnc2c(c1)c(NCc1cccc(C#N)c1C)nc(=NC)n2C. The second-order valence-corrected chi connectivity index (χ2v) is 5.74. The monoisotopic (exact) mass is 388 g/mol. The average molecular weight is 388 g/mol. The van der Waals surface area contributed by atoms with Gasteiger partial charge < -0.3 is 5.32 Å². The predicted molar refractivity (Wildman–Crippen MR) is 121 cm³/mol. The zero-order chi connectivity index (χ0) is 22.0. The van der Waals surface area contributed by atoms with Gasteiger partial charge in [-0.25, -0.2) is 4.98 Å². The highest BCUT2D eigenvalue weighted by molar-refractivity contribution is 6.33. The van der Waals surface area contributed by atoms with E-state index in [0.717, 1.165) is 22.2 Å². The molecule has 1 aromatic carbocycles. The minimum absolute atomic E-state index is 0.537. The van der Waals surface area contributed by atoms with Crippen molar-refractivity contribution in [2.24, 2.45) is 12.0 Å². The van der Waals surface area contributed by atoms with Crippen LogP contribution in [0.15, 0.2) is 35.5 Å². The van der Waals surface area contributed by atoms with Gasteiger partial charge in [-0.3, -0.25) is 9.56 Å². The van der Waals surface area contributed by atoms with Gasteiger partial charge >= 0.3 is 0 Å². The average Bonchev–Trinajstić information content (AvgIpc) is 2.77. The van der Waals surface area contributed by atoms with E-state index in [1.165, 1.54) is 0 Å². The van der Waals surface area contributed by atoms with E-state index in [2.05, 4.69) is 26.3 Å². The van der Waals surface area contributed by atoms with Crippen LogP contribution in [0.5, 0.6) is 0 Å². The van der Waals surface area contributed by atoms with Crippen LogP contribution in [0.3, 0.4) is 0 Å². The first-order chi connectivity index (χ1) is 14.0. The number of aryl methyl sites for hydroxylation is 1. The van der Waals surface area contributed by atoms with Crippen molar-refractivity contribution < 1.29 is 0 Å². The van der Waals surface area contributed by atoms with Crippen LogP contribution in [0.1, 0.15) is 44.4 Å². The molecule has 0 saturated heterocycles. The molecule has 0 bridgehead atoms. The molecule has 3 rings (SSSR count). The van der Waals surface area contributed by atoms with Crippen LogP contribution in [0.4, 0.5) is 5.82 Å². The van der Waals surface area contributed by atoms with Crippen LogP contribution < -0.4 is 16.4 Å². The predicted octanol–water partition coefficient (Wildman–Crippen LogP) is 3.14. The molecule has 29 heavy (non-hydrogen) atoms. The number of anilines is 1. The molecule has 0 aliphatic rings. The van der Waals surface area contributed by atoms with Crippen molar-refractivity contribution in [3.05, 3.63) is 52.8 Å². The summed E-state index contributed by atoms with van der Waals surface area (Å²) in [4.78, 5) is 13.2. The summed E-state index contributed by atoms with van der Waals surface area (Å²) in [5.74, 6) is 0.662. The Bertz CT molecular complexity index is 1060. The molecule has 0 aliphatic carbocycles. The second-order valence-electron chi connectivity index (χ2n) is 5.74. The Morgan fingerprint density at radius 3 is 2.55 bits per heavy atom. The fourth-order valence-electron chi connectivity index (χ4n) is 2.75. The number of nitrogens with one attached hydrogen (secondary N) is 1. The smallest absolute Gasteiger partial charge is 0.227 e. The number of pyridine rings is 1. The Balaban J connectivity index is 0.000000989. The minimum Gasteiger partial charge on any atom is -0.365 e. The molecule has 0 unspecified atom stereocenters. The van der Waals surface area contributed by atoms with Crippen molar-refractivity contribution in [3.63, 3.8) is 0 Å². The standard InChI is InChI=1S/C18H17BN6.2C2H6/c1-11-12(8-20)5-4-6-13(11)9-22-16-15-7-14(19)10-23-17(15)25(3)18(21-2)24-16;2*1-2/h4-7,10H,9H2,1-3H3,(H,21,22,24);2*1-2H3. The van der Waals surface area contributed by atoms with E-state index >= 15 is 0 Å². The maximum Gasteiger partial charge on any atom is 0.227 e. The number of rotatable bonds is 3. The highest BCUT2D eigenvalue weighted by Gasteiger charge is 2.10. The second kappa shape index (κ2) is 11.7. The number of hydrogen-bond donors (Lipinski definition) is 1. The summed E-state index contributed by atoms with van der Waals surface area (Å²) in [6.45, 7) is 10.5. The first-order valence-electron chi connectivity index (χ1n) is 9.82. The zero-order valence-electron chi connectivity index (χ0n) is 18.4. The molecule has 0 spiro atoms. The largest absolute Gasteiger partial charge is 0.365 e. The molecule has 3 aromatic rings. The number of benzene rings is 1. The Kier molecular flexibility index (Phi) is 9.60. The molecule has 150 valence electrons. The van der Waals surface area contributed by atoms with Gasteiger partial charge in [-0.1, -0.05) is 51.4 Å². The van der Waals surface area contributed by atoms with Crippen molar-refractivity contribution in [2.75, 3.05) is 12.4 Å². The van der Waals surface area contributed by atoms with Crippen LogP contribution in [0.25, 0.3) is 11.0 Å². The number of nitriles is 1. The topological polar surface area (TPSA) is 78.9 Å². The first-order valence-corrected chi connectivity index (χ1v) is 9.82. The molecular weight excluding hydrogens is 359 g/mol. The number of fused-ring (bicyclic) bond motifs is 1. The third-order valence-electron chi connectivity index (χ3n) is 4.19. The van der Waals surface area contributed by atoms with Gasteiger partial charge in [0.15, 0.2) is 0 Å². The van der Waals surface area contributed by atoms with Gasteiger partial charge in [0, 0.05) is 26.8 Å². The number of hydrogen-bond acceptors (Lipinski definition) is 5. The lowest BCUT2D eigenvalue weighted by Crippen LogP contribution is -2.25.